The fourth-order valence-corrected chi connectivity index (χ4v) is 3.28. The molecule has 3 aromatic rings. The third-order valence-corrected chi connectivity index (χ3v) is 5.22. The Kier molecular flexibility index (Phi) is 5.76. The SMILES string of the molecule is CCn1c(CCNC(=O)c2ccc(-n3nc(C)c(Cl)c3C)cc2)n[nH]c1=S. The molecular weight excluding hydrogens is 384 g/mol. The molecule has 3 rings (SSSR count). The summed E-state index contributed by atoms with van der Waals surface area (Å²) in [5.41, 5.74) is 3.09. The number of hydrogen-bond donors (Lipinski definition) is 2. The summed E-state index contributed by atoms with van der Waals surface area (Å²) in [4.78, 5) is 12.4. The van der Waals surface area contributed by atoms with E-state index < -0.39 is 0 Å². The summed E-state index contributed by atoms with van der Waals surface area (Å²) in [6.45, 7) is 7.01. The third kappa shape index (κ3) is 3.96. The molecule has 0 aliphatic rings. The first-order chi connectivity index (χ1) is 12.9. The zero-order valence-electron chi connectivity index (χ0n) is 15.4. The summed E-state index contributed by atoms with van der Waals surface area (Å²) >= 11 is 11.4. The lowest BCUT2D eigenvalue weighted by molar-refractivity contribution is 0.0954. The van der Waals surface area contributed by atoms with Crippen LogP contribution in [0.25, 0.3) is 5.69 Å². The Balaban J connectivity index is 1.64. The number of rotatable bonds is 6. The lowest BCUT2D eigenvalue weighted by Gasteiger charge is -2.08. The third-order valence-electron chi connectivity index (χ3n) is 4.36. The van der Waals surface area contributed by atoms with Crippen LogP contribution in [0, 0.1) is 18.6 Å². The number of H-pyrrole nitrogens is 1. The normalized spacial score (nSPS) is 11.0. The highest BCUT2D eigenvalue weighted by molar-refractivity contribution is 7.71. The van der Waals surface area contributed by atoms with E-state index in [4.69, 9.17) is 23.8 Å². The van der Waals surface area contributed by atoms with Crippen LogP contribution in [0.4, 0.5) is 0 Å². The first-order valence-electron chi connectivity index (χ1n) is 8.66. The van der Waals surface area contributed by atoms with E-state index >= 15 is 0 Å². The maximum absolute atomic E-state index is 12.4. The molecule has 0 fully saturated rings. The van der Waals surface area contributed by atoms with Crippen LogP contribution in [0.1, 0.15) is 34.5 Å². The Hall–Kier alpha value is -2.45. The molecule has 0 aliphatic carbocycles. The highest BCUT2D eigenvalue weighted by Crippen LogP contribution is 2.22. The van der Waals surface area contributed by atoms with E-state index in [2.05, 4.69) is 20.6 Å². The molecule has 7 nitrogen and oxygen atoms in total. The molecule has 1 aromatic carbocycles. The fraction of sp³-hybridized carbons (Fsp3) is 0.333. The van der Waals surface area contributed by atoms with Crippen LogP contribution in [0.3, 0.4) is 0 Å². The van der Waals surface area contributed by atoms with Gasteiger partial charge in [-0.15, -0.1) is 0 Å². The molecule has 0 atom stereocenters. The van der Waals surface area contributed by atoms with E-state index in [9.17, 15) is 4.79 Å². The summed E-state index contributed by atoms with van der Waals surface area (Å²) < 4.78 is 4.28. The van der Waals surface area contributed by atoms with E-state index in [1.807, 2.05) is 37.5 Å². The van der Waals surface area contributed by atoms with Gasteiger partial charge in [0.05, 0.1) is 22.1 Å². The number of carbonyl (C=O) groups is 1. The smallest absolute Gasteiger partial charge is 0.251 e. The number of amides is 1. The van der Waals surface area contributed by atoms with Gasteiger partial charge in [0.2, 0.25) is 0 Å². The lowest BCUT2D eigenvalue weighted by atomic mass is 10.2. The zero-order valence-corrected chi connectivity index (χ0v) is 17.0. The van der Waals surface area contributed by atoms with Crippen molar-refractivity contribution < 1.29 is 4.79 Å². The van der Waals surface area contributed by atoms with Crippen molar-refractivity contribution in [3.05, 3.63) is 56.8 Å². The summed E-state index contributed by atoms with van der Waals surface area (Å²) in [5.74, 6) is 0.699. The van der Waals surface area contributed by atoms with Gasteiger partial charge in [0, 0.05) is 25.1 Å². The summed E-state index contributed by atoms with van der Waals surface area (Å²) in [7, 11) is 0. The van der Waals surface area contributed by atoms with Gasteiger partial charge in [-0.05, 0) is 57.3 Å². The fourth-order valence-electron chi connectivity index (χ4n) is 2.89. The maximum Gasteiger partial charge on any atom is 0.251 e. The number of hydrogen-bond acceptors (Lipinski definition) is 4. The Bertz CT molecular complexity index is 1020. The lowest BCUT2D eigenvalue weighted by Crippen LogP contribution is -2.26. The van der Waals surface area contributed by atoms with Gasteiger partial charge in [0.15, 0.2) is 4.77 Å². The summed E-state index contributed by atoms with van der Waals surface area (Å²) in [6, 6.07) is 7.26. The molecule has 0 spiro atoms. The van der Waals surface area contributed by atoms with Crippen molar-refractivity contribution in [1.82, 2.24) is 29.9 Å². The highest BCUT2D eigenvalue weighted by Gasteiger charge is 2.12. The molecule has 0 saturated heterocycles. The predicted molar refractivity (Wildman–Crippen MR) is 107 cm³/mol. The molecule has 0 saturated carbocycles. The first kappa shape index (κ1) is 19.3. The van der Waals surface area contributed by atoms with Gasteiger partial charge < -0.3 is 9.88 Å². The van der Waals surface area contributed by atoms with E-state index in [0.29, 0.717) is 28.3 Å². The molecule has 0 unspecified atom stereocenters. The van der Waals surface area contributed by atoms with E-state index in [1.165, 1.54) is 0 Å². The Morgan fingerprint density at radius 2 is 2.00 bits per heavy atom. The molecule has 27 heavy (non-hydrogen) atoms. The van der Waals surface area contributed by atoms with Crippen LogP contribution in [-0.2, 0) is 13.0 Å². The number of nitrogens with zero attached hydrogens (tertiary/aromatic N) is 4. The first-order valence-corrected chi connectivity index (χ1v) is 9.45. The van der Waals surface area contributed by atoms with Crippen LogP contribution in [0.2, 0.25) is 5.02 Å². The number of aryl methyl sites for hydroxylation is 1. The van der Waals surface area contributed by atoms with E-state index in [0.717, 1.165) is 29.4 Å². The molecule has 0 aliphatic heterocycles. The second-order valence-electron chi connectivity index (χ2n) is 6.14. The van der Waals surface area contributed by atoms with Crippen molar-refractivity contribution in [3.63, 3.8) is 0 Å². The minimum absolute atomic E-state index is 0.134. The van der Waals surface area contributed by atoms with E-state index in [1.54, 1.807) is 16.8 Å². The molecule has 142 valence electrons. The standard InChI is InChI=1S/C18H21ClN6OS/c1-4-24-15(21-22-18(24)27)9-10-20-17(26)13-5-7-14(8-6-13)25-12(3)16(19)11(2)23-25/h5-8H,4,9-10H2,1-3H3,(H,20,26)(H,22,27). The van der Waals surface area contributed by atoms with Crippen molar-refractivity contribution in [2.24, 2.45) is 0 Å². The van der Waals surface area contributed by atoms with Crippen molar-refractivity contribution in [1.29, 1.82) is 0 Å². The second-order valence-corrected chi connectivity index (χ2v) is 6.90. The number of carbonyl (C=O) groups excluding carboxylic acids is 1. The van der Waals surface area contributed by atoms with Crippen molar-refractivity contribution in [2.75, 3.05) is 6.54 Å². The monoisotopic (exact) mass is 404 g/mol. The zero-order chi connectivity index (χ0) is 19.6. The van der Waals surface area contributed by atoms with Gasteiger partial charge in [0.25, 0.3) is 5.91 Å². The maximum atomic E-state index is 12.4. The van der Waals surface area contributed by atoms with Crippen molar-refractivity contribution in [3.8, 4) is 5.69 Å². The summed E-state index contributed by atoms with van der Waals surface area (Å²) in [5, 5.41) is 14.9. The van der Waals surface area contributed by atoms with Crippen LogP contribution < -0.4 is 5.32 Å². The van der Waals surface area contributed by atoms with Crippen LogP contribution in [-0.4, -0.2) is 37.0 Å². The second kappa shape index (κ2) is 8.06. The average Bonchev–Trinajstić information content (AvgIpc) is 3.15. The Labute approximate surface area is 167 Å². The molecule has 2 N–H and O–H groups in total. The van der Waals surface area contributed by atoms with Gasteiger partial charge >= 0.3 is 0 Å². The van der Waals surface area contributed by atoms with Crippen LogP contribution in [0.15, 0.2) is 24.3 Å². The van der Waals surface area contributed by atoms with Crippen LogP contribution >= 0.6 is 23.8 Å². The minimum atomic E-state index is -0.134. The molecule has 1 amide bonds. The van der Waals surface area contributed by atoms with E-state index in [-0.39, 0.29) is 5.91 Å². The Morgan fingerprint density at radius 1 is 1.30 bits per heavy atom. The van der Waals surface area contributed by atoms with Crippen molar-refractivity contribution >= 4 is 29.7 Å². The molecule has 2 heterocycles. The van der Waals surface area contributed by atoms with Crippen molar-refractivity contribution in [2.45, 2.75) is 33.7 Å². The molecule has 0 radical (unpaired) electrons. The van der Waals surface area contributed by atoms with Gasteiger partial charge in [0.1, 0.15) is 5.82 Å². The number of halogens is 1. The number of aromatic nitrogens is 5. The Morgan fingerprint density at radius 3 is 2.59 bits per heavy atom. The van der Waals surface area contributed by atoms with Gasteiger partial charge in [-0.2, -0.15) is 10.2 Å². The number of aromatic amines is 1. The highest BCUT2D eigenvalue weighted by atomic mass is 35.5. The molecule has 9 heteroatoms. The number of benzene rings is 1. The summed E-state index contributed by atoms with van der Waals surface area (Å²) in [6.07, 6.45) is 0.606. The van der Waals surface area contributed by atoms with Crippen LogP contribution in [0.5, 0.6) is 0 Å². The van der Waals surface area contributed by atoms with Gasteiger partial charge in [-0.3, -0.25) is 9.89 Å². The molecule has 0 bridgehead atoms. The topological polar surface area (TPSA) is 80.5 Å². The number of nitrogens with one attached hydrogen (secondary N) is 2. The molecular formula is C18H21ClN6OS. The quantitative estimate of drug-likeness (QED) is 0.617. The van der Waals surface area contributed by atoms with Gasteiger partial charge in [-0.25, -0.2) is 4.68 Å². The minimum Gasteiger partial charge on any atom is -0.352 e. The van der Waals surface area contributed by atoms with Gasteiger partial charge in [-0.1, -0.05) is 11.6 Å². The predicted octanol–water partition coefficient (Wildman–Crippen LogP) is 3.39. The largest absolute Gasteiger partial charge is 0.352 e. The average molecular weight is 405 g/mol. The molecule has 2 aromatic heterocycles.